The molecule has 1 aromatic carbocycles. The number of likely N-dealkylation sites (N-methyl/N-ethyl adjacent to an activating group) is 1. The third kappa shape index (κ3) is 4.27. The average Bonchev–Trinajstić information content (AvgIpc) is 2.43. The average molecular weight is 291 g/mol. The number of amides is 1. The number of benzene rings is 1. The second-order valence-corrected chi connectivity index (χ2v) is 6.11. The van der Waals surface area contributed by atoms with Gasteiger partial charge in [-0.05, 0) is 24.5 Å². The molecule has 1 aromatic rings. The molecule has 4 nitrogen and oxygen atoms in total. The van der Waals surface area contributed by atoms with Gasteiger partial charge < -0.3 is 10.6 Å². The summed E-state index contributed by atoms with van der Waals surface area (Å²) in [5.74, 6) is -0.682. The lowest BCUT2D eigenvalue weighted by Crippen LogP contribution is -2.50. The molecule has 2 N–H and O–H groups in total. The number of rotatable bonds is 4. The normalized spacial score (nSPS) is 12.6. The Bertz CT molecular complexity index is 558. The topological polar surface area (TPSA) is 70.1 Å². The first-order chi connectivity index (χ1) is 9.70. The molecule has 1 amide bonds. The van der Waals surface area contributed by atoms with Crippen LogP contribution in [0.2, 0.25) is 0 Å². The highest BCUT2D eigenvalue weighted by molar-refractivity contribution is 5.82. The summed E-state index contributed by atoms with van der Waals surface area (Å²) < 4.78 is 13.9. The van der Waals surface area contributed by atoms with Crippen LogP contribution in [0.1, 0.15) is 38.8 Å². The Labute approximate surface area is 125 Å². The molecule has 0 fully saturated rings. The molecular weight excluding hydrogens is 269 g/mol. The third-order valence-corrected chi connectivity index (χ3v) is 3.44. The molecule has 0 heterocycles. The molecular formula is C16H22FN3O. The summed E-state index contributed by atoms with van der Waals surface area (Å²) >= 11 is 0. The SMILES string of the molecule is CCN(Cc1ccc(C#N)cc1F)C(=O)C(N)C(C)(C)C. The standard InChI is InChI=1S/C16H22FN3O/c1-5-20(15(21)14(19)16(2,3)4)10-12-7-6-11(9-18)8-13(12)17/h6-8,14H,5,10,19H2,1-4H3. The second-order valence-electron chi connectivity index (χ2n) is 6.11. The fourth-order valence-corrected chi connectivity index (χ4v) is 1.86. The molecule has 0 bridgehead atoms. The van der Waals surface area contributed by atoms with Crippen LogP contribution in [0.25, 0.3) is 0 Å². The summed E-state index contributed by atoms with van der Waals surface area (Å²) in [5.41, 5.74) is 6.27. The van der Waals surface area contributed by atoms with E-state index in [9.17, 15) is 9.18 Å². The first-order valence-corrected chi connectivity index (χ1v) is 6.93. The van der Waals surface area contributed by atoms with E-state index in [0.29, 0.717) is 12.1 Å². The second kappa shape index (κ2) is 6.68. The molecule has 21 heavy (non-hydrogen) atoms. The van der Waals surface area contributed by atoms with E-state index in [-0.39, 0.29) is 23.4 Å². The summed E-state index contributed by atoms with van der Waals surface area (Å²) in [6, 6.07) is 5.50. The molecule has 1 rings (SSSR count). The zero-order valence-electron chi connectivity index (χ0n) is 13.0. The number of nitrogens with zero attached hydrogens (tertiary/aromatic N) is 2. The van der Waals surface area contributed by atoms with E-state index in [4.69, 9.17) is 11.0 Å². The largest absolute Gasteiger partial charge is 0.337 e. The van der Waals surface area contributed by atoms with Crippen molar-refractivity contribution in [3.05, 3.63) is 35.1 Å². The molecule has 0 saturated carbocycles. The van der Waals surface area contributed by atoms with Gasteiger partial charge in [-0.15, -0.1) is 0 Å². The van der Waals surface area contributed by atoms with E-state index in [2.05, 4.69) is 0 Å². The lowest BCUT2D eigenvalue weighted by Gasteiger charge is -2.31. The van der Waals surface area contributed by atoms with Crippen molar-refractivity contribution in [2.45, 2.75) is 40.3 Å². The summed E-state index contributed by atoms with van der Waals surface area (Å²) in [5, 5.41) is 8.73. The van der Waals surface area contributed by atoms with Crippen LogP contribution in [0.4, 0.5) is 4.39 Å². The van der Waals surface area contributed by atoms with E-state index < -0.39 is 11.9 Å². The van der Waals surface area contributed by atoms with Gasteiger partial charge in [0.05, 0.1) is 17.7 Å². The number of hydrogen-bond donors (Lipinski definition) is 1. The maximum Gasteiger partial charge on any atom is 0.240 e. The van der Waals surface area contributed by atoms with Gasteiger partial charge in [0.2, 0.25) is 5.91 Å². The number of nitriles is 1. The van der Waals surface area contributed by atoms with Gasteiger partial charge in [0.25, 0.3) is 0 Å². The van der Waals surface area contributed by atoms with Crippen molar-refractivity contribution >= 4 is 5.91 Å². The zero-order chi connectivity index (χ0) is 16.2. The van der Waals surface area contributed by atoms with Crippen LogP contribution in [0.5, 0.6) is 0 Å². The van der Waals surface area contributed by atoms with E-state index in [1.165, 1.54) is 17.0 Å². The van der Waals surface area contributed by atoms with Crippen molar-refractivity contribution in [1.82, 2.24) is 4.90 Å². The van der Waals surface area contributed by atoms with Crippen LogP contribution in [-0.4, -0.2) is 23.4 Å². The van der Waals surface area contributed by atoms with Crippen LogP contribution in [-0.2, 0) is 11.3 Å². The minimum absolute atomic E-state index is 0.149. The molecule has 0 saturated heterocycles. The van der Waals surface area contributed by atoms with Crippen LogP contribution < -0.4 is 5.73 Å². The lowest BCUT2D eigenvalue weighted by atomic mass is 9.86. The molecule has 1 atom stereocenters. The van der Waals surface area contributed by atoms with E-state index in [1.54, 1.807) is 6.07 Å². The fraction of sp³-hybridized carbons (Fsp3) is 0.500. The first-order valence-electron chi connectivity index (χ1n) is 6.93. The Kier molecular flexibility index (Phi) is 5.45. The van der Waals surface area contributed by atoms with E-state index in [1.807, 2.05) is 33.8 Å². The van der Waals surface area contributed by atoms with Gasteiger partial charge in [-0.25, -0.2) is 4.39 Å². The predicted molar refractivity (Wildman–Crippen MR) is 79.6 cm³/mol. The van der Waals surface area contributed by atoms with Gasteiger partial charge in [-0.2, -0.15) is 5.26 Å². The highest BCUT2D eigenvalue weighted by Crippen LogP contribution is 2.20. The number of carbonyl (C=O) groups excluding carboxylic acids is 1. The number of hydrogen-bond acceptors (Lipinski definition) is 3. The van der Waals surface area contributed by atoms with Gasteiger partial charge in [0, 0.05) is 18.7 Å². The Hall–Kier alpha value is -1.93. The van der Waals surface area contributed by atoms with Crippen molar-refractivity contribution in [1.29, 1.82) is 5.26 Å². The van der Waals surface area contributed by atoms with Crippen molar-refractivity contribution in [2.75, 3.05) is 6.54 Å². The third-order valence-electron chi connectivity index (χ3n) is 3.44. The molecule has 0 aliphatic carbocycles. The fourth-order valence-electron chi connectivity index (χ4n) is 1.86. The van der Waals surface area contributed by atoms with Crippen molar-refractivity contribution < 1.29 is 9.18 Å². The number of nitrogens with two attached hydrogens (primary N) is 1. The first kappa shape index (κ1) is 17.1. The molecule has 0 aliphatic heterocycles. The zero-order valence-corrected chi connectivity index (χ0v) is 13.0. The lowest BCUT2D eigenvalue weighted by molar-refractivity contribution is -0.135. The highest BCUT2D eigenvalue weighted by atomic mass is 19.1. The van der Waals surface area contributed by atoms with Gasteiger partial charge in [-0.1, -0.05) is 26.8 Å². The molecule has 0 radical (unpaired) electrons. The van der Waals surface area contributed by atoms with Crippen molar-refractivity contribution in [3.63, 3.8) is 0 Å². The molecule has 0 aromatic heterocycles. The van der Waals surface area contributed by atoms with Gasteiger partial charge in [0.1, 0.15) is 5.82 Å². The van der Waals surface area contributed by atoms with Crippen LogP contribution in [0.3, 0.4) is 0 Å². The molecule has 0 aliphatic rings. The smallest absolute Gasteiger partial charge is 0.240 e. The maximum absolute atomic E-state index is 13.9. The van der Waals surface area contributed by atoms with Crippen molar-refractivity contribution in [3.8, 4) is 6.07 Å². The van der Waals surface area contributed by atoms with Crippen LogP contribution in [0.15, 0.2) is 18.2 Å². The molecule has 5 heteroatoms. The van der Waals surface area contributed by atoms with E-state index in [0.717, 1.165) is 0 Å². The Morgan fingerprint density at radius 2 is 2.10 bits per heavy atom. The predicted octanol–water partition coefficient (Wildman–Crippen LogP) is 2.42. The number of carbonyl (C=O) groups is 1. The Morgan fingerprint density at radius 3 is 2.52 bits per heavy atom. The van der Waals surface area contributed by atoms with E-state index >= 15 is 0 Å². The van der Waals surface area contributed by atoms with Crippen LogP contribution >= 0.6 is 0 Å². The monoisotopic (exact) mass is 291 g/mol. The molecule has 1 unspecified atom stereocenters. The Balaban J connectivity index is 2.93. The number of halogens is 1. The summed E-state index contributed by atoms with van der Waals surface area (Å²) in [4.78, 5) is 13.9. The van der Waals surface area contributed by atoms with Crippen LogP contribution in [0, 0.1) is 22.6 Å². The van der Waals surface area contributed by atoms with Crippen molar-refractivity contribution in [2.24, 2.45) is 11.1 Å². The highest BCUT2D eigenvalue weighted by Gasteiger charge is 2.30. The van der Waals surface area contributed by atoms with Gasteiger partial charge in [-0.3, -0.25) is 4.79 Å². The Morgan fingerprint density at radius 1 is 1.48 bits per heavy atom. The molecule has 0 spiro atoms. The van der Waals surface area contributed by atoms with Gasteiger partial charge >= 0.3 is 0 Å². The minimum atomic E-state index is -0.640. The van der Waals surface area contributed by atoms with Gasteiger partial charge in [0.15, 0.2) is 0 Å². The quantitative estimate of drug-likeness (QED) is 0.926. The minimum Gasteiger partial charge on any atom is -0.337 e. The summed E-state index contributed by atoms with van der Waals surface area (Å²) in [7, 11) is 0. The maximum atomic E-state index is 13.9. The molecule has 114 valence electrons. The summed E-state index contributed by atoms with van der Waals surface area (Å²) in [6.45, 7) is 8.11. The summed E-state index contributed by atoms with van der Waals surface area (Å²) in [6.07, 6.45) is 0.